The van der Waals surface area contributed by atoms with E-state index < -0.39 is 0 Å². The molecular formula is C23H28O3. The van der Waals surface area contributed by atoms with Crippen LogP contribution in [0, 0.1) is 23.7 Å². The molecule has 3 heteroatoms. The van der Waals surface area contributed by atoms with Gasteiger partial charge in [0.2, 0.25) is 0 Å². The van der Waals surface area contributed by atoms with Crippen LogP contribution in [0.25, 0.3) is 0 Å². The molecule has 0 radical (unpaired) electrons. The van der Waals surface area contributed by atoms with Gasteiger partial charge in [-0.2, -0.15) is 0 Å². The van der Waals surface area contributed by atoms with Crippen LogP contribution in [0.1, 0.15) is 49.3 Å². The second-order valence-electron chi connectivity index (χ2n) is 7.30. The van der Waals surface area contributed by atoms with Crippen molar-refractivity contribution in [3.05, 3.63) is 47.0 Å². The minimum atomic E-state index is -0.143. The molecule has 1 aromatic rings. The largest absolute Gasteiger partial charge is 0.388 e. The van der Waals surface area contributed by atoms with E-state index in [1.165, 1.54) is 5.56 Å². The topological polar surface area (TPSA) is 35.5 Å². The number of fused-ring (bicyclic) bond motifs is 5. The fourth-order valence-electron chi connectivity index (χ4n) is 4.85. The van der Waals surface area contributed by atoms with Crippen molar-refractivity contribution in [3.63, 3.8) is 0 Å². The van der Waals surface area contributed by atoms with Crippen LogP contribution in [0.3, 0.4) is 0 Å². The molecule has 4 rings (SSSR count). The third kappa shape index (κ3) is 3.02. The van der Waals surface area contributed by atoms with Gasteiger partial charge in [0, 0.05) is 25.7 Å². The first-order valence-corrected chi connectivity index (χ1v) is 9.40. The molecule has 1 aromatic carbocycles. The van der Waals surface area contributed by atoms with Crippen molar-refractivity contribution >= 4 is 5.78 Å². The molecule has 26 heavy (non-hydrogen) atoms. The number of methoxy groups -OCH3 is 1. The molecule has 0 amide bonds. The Morgan fingerprint density at radius 1 is 1.23 bits per heavy atom. The zero-order valence-electron chi connectivity index (χ0n) is 16.2. The molecule has 3 unspecified atom stereocenters. The highest BCUT2D eigenvalue weighted by atomic mass is 16.5. The summed E-state index contributed by atoms with van der Waals surface area (Å²) >= 11 is 0. The SMILES string of the molecule is C=C1C(c2ccc(C#CC)cc2CC)C(=O)[C@H]2C3CCC(O3)[C@@H]12.COC. The Labute approximate surface area is 156 Å². The molecule has 138 valence electrons. The highest BCUT2D eigenvalue weighted by molar-refractivity contribution is 5.96. The first-order valence-electron chi connectivity index (χ1n) is 9.40. The van der Waals surface area contributed by atoms with E-state index in [4.69, 9.17) is 4.74 Å². The van der Waals surface area contributed by atoms with E-state index in [0.717, 1.165) is 36.0 Å². The summed E-state index contributed by atoms with van der Waals surface area (Å²) in [6.07, 6.45) is 3.38. The van der Waals surface area contributed by atoms with E-state index in [-0.39, 0.29) is 30.0 Å². The van der Waals surface area contributed by atoms with E-state index in [9.17, 15) is 4.79 Å². The summed E-state index contributed by atoms with van der Waals surface area (Å²) in [5, 5.41) is 0. The van der Waals surface area contributed by atoms with Gasteiger partial charge in [-0.15, -0.1) is 5.92 Å². The van der Waals surface area contributed by atoms with E-state index in [1.54, 1.807) is 14.2 Å². The van der Waals surface area contributed by atoms with Gasteiger partial charge in [0.25, 0.3) is 0 Å². The maximum absolute atomic E-state index is 13.1. The van der Waals surface area contributed by atoms with Crippen molar-refractivity contribution in [2.45, 2.75) is 51.2 Å². The molecule has 3 fully saturated rings. The van der Waals surface area contributed by atoms with Gasteiger partial charge in [-0.05, 0) is 49.4 Å². The Bertz CT molecular complexity index is 739. The van der Waals surface area contributed by atoms with Gasteiger partial charge in [0.15, 0.2) is 5.78 Å². The molecule has 3 aliphatic rings. The predicted octanol–water partition coefficient (Wildman–Crippen LogP) is 3.90. The van der Waals surface area contributed by atoms with Crippen molar-refractivity contribution < 1.29 is 14.3 Å². The van der Waals surface area contributed by atoms with Crippen molar-refractivity contribution in [3.8, 4) is 11.8 Å². The van der Waals surface area contributed by atoms with Gasteiger partial charge in [0.05, 0.1) is 24.0 Å². The Balaban J connectivity index is 0.000000613. The number of hydrogen-bond acceptors (Lipinski definition) is 3. The Hall–Kier alpha value is -1.89. The Kier molecular flexibility index (Phi) is 5.65. The molecule has 1 aliphatic carbocycles. The average molecular weight is 352 g/mol. The second kappa shape index (κ2) is 7.78. The number of rotatable bonds is 2. The smallest absolute Gasteiger partial charge is 0.150 e. The van der Waals surface area contributed by atoms with Crippen molar-refractivity contribution in [2.24, 2.45) is 11.8 Å². The van der Waals surface area contributed by atoms with Gasteiger partial charge in [0.1, 0.15) is 0 Å². The van der Waals surface area contributed by atoms with Crippen LogP contribution in [0.5, 0.6) is 0 Å². The van der Waals surface area contributed by atoms with Crippen LogP contribution < -0.4 is 0 Å². The van der Waals surface area contributed by atoms with Crippen molar-refractivity contribution in [1.29, 1.82) is 0 Å². The minimum absolute atomic E-state index is 0.0473. The molecule has 2 bridgehead atoms. The lowest BCUT2D eigenvalue weighted by Gasteiger charge is -2.20. The third-order valence-corrected chi connectivity index (χ3v) is 5.79. The van der Waals surface area contributed by atoms with Crippen LogP contribution in [0.2, 0.25) is 0 Å². The normalized spacial score (nSPS) is 31.2. The highest BCUT2D eigenvalue weighted by Crippen LogP contribution is 2.56. The summed E-state index contributed by atoms with van der Waals surface area (Å²) < 4.78 is 10.2. The van der Waals surface area contributed by atoms with E-state index >= 15 is 0 Å². The van der Waals surface area contributed by atoms with Gasteiger partial charge in [-0.25, -0.2) is 0 Å². The highest BCUT2D eigenvalue weighted by Gasteiger charge is 2.60. The first-order chi connectivity index (χ1) is 12.6. The van der Waals surface area contributed by atoms with Gasteiger partial charge in [-0.1, -0.05) is 31.1 Å². The Morgan fingerprint density at radius 3 is 2.46 bits per heavy atom. The molecule has 2 heterocycles. The number of ketones is 1. The van der Waals surface area contributed by atoms with Crippen LogP contribution in [0.15, 0.2) is 30.4 Å². The average Bonchev–Trinajstić information content (AvgIpc) is 3.30. The molecule has 0 aromatic heterocycles. The van der Waals surface area contributed by atoms with Crippen LogP contribution in [-0.2, 0) is 20.7 Å². The lowest BCUT2D eigenvalue weighted by atomic mass is 9.80. The lowest BCUT2D eigenvalue weighted by Crippen LogP contribution is -2.27. The zero-order valence-corrected chi connectivity index (χ0v) is 16.2. The number of carbonyl (C=O) groups is 1. The number of ether oxygens (including phenoxy) is 2. The van der Waals surface area contributed by atoms with Crippen molar-refractivity contribution in [1.82, 2.24) is 0 Å². The standard InChI is InChI=1S/C21H22O2.C2H6O/c1-4-6-13-7-8-15(14(5-2)11-13)18-12(3)19-16-9-10-17(23-16)20(19)21(18)22;1-3-2/h7-8,11,16-20H,3,5,9-10H2,1-2H3;1-2H3/t16?,17?,18?,19-,20+;/m1./s1. The zero-order chi connectivity index (χ0) is 18.8. The van der Waals surface area contributed by atoms with E-state index in [1.807, 2.05) is 13.0 Å². The quantitative estimate of drug-likeness (QED) is 0.598. The van der Waals surface area contributed by atoms with Gasteiger partial charge >= 0.3 is 0 Å². The number of carbonyl (C=O) groups excluding carboxylic acids is 1. The molecule has 3 nitrogen and oxygen atoms in total. The first kappa shape index (κ1) is 18.9. The number of hydrogen-bond donors (Lipinski definition) is 0. The molecule has 2 aliphatic heterocycles. The summed E-state index contributed by atoms with van der Waals surface area (Å²) in [6, 6.07) is 6.26. The molecule has 2 saturated heterocycles. The second-order valence-corrected chi connectivity index (χ2v) is 7.30. The summed E-state index contributed by atoms with van der Waals surface area (Å²) in [7, 11) is 3.25. The fraction of sp³-hybridized carbons (Fsp3) is 0.522. The van der Waals surface area contributed by atoms with Crippen molar-refractivity contribution in [2.75, 3.05) is 14.2 Å². The molecule has 1 saturated carbocycles. The summed E-state index contributed by atoms with van der Waals surface area (Å²) in [6.45, 7) is 8.31. The summed E-state index contributed by atoms with van der Waals surface area (Å²) in [5.74, 6) is 6.53. The number of benzene rings is 1. The third-order valence-electron chi connectivity index (χ3n) is 5.79. The monoisotopic (exact) mass is 352 g/mol. The lowest BCUT2D eigenvalue weighted by molar-refractivity contribution is -0.123. The van der Waals surface area contributed by atoms with Crippen LogP contribution in [-0.4, -0.2) is 32.2 Å². The maximum atomic E-state index is 13.1. The minimum Gasteiger partial charge on any atom is -0.388 e. The fourth-order valence-corrected chi connectivity index (χ4v) is 4.85. The van der Waals surface area contributed by atoms with Gasteiger partial charge < -0.3 is 9.47 Å². The number of Topliss-reactive ketones (excluding diaryl/α,β-unsaturated/α-hetero) is 1. The van der Waals surface area contributed by atoms with Crippen LogP contribution in [0.4, 0.5) is 0 Å². The number of aryl methyl sites for hydroxylation is 1. The van der Waals surface area contributed by atoms with E-state index in [0.29, 0.717) is 5.78 Å². The summed E-state index contributed by atoms with van der Waals surface area (Å²) in [5.41, 5.74) is 4.46. The van der Waals surface area contributed by atoms with Crippen LogP contribution >= 0.6 is 0 Å². The molecule has 0 N–H and O–H groups in total. The van der Waals surface area contributed by atoms with Gasteiger partial charge in [-0.3, -0.25) is 4.79 Å². The molecule has 5 atom stereocenters. The Morgan fingerprint density at radius 2 is 1.88 bits per heavy atom. The summed E-state index contributed by atoms with van der Waals surface area (Å²) in [4.78, 5) is 13.1. The molecular weight excluding hydrogens is 324 g/mol. The predicted molar refractivity (Wildman–Crippen MR) is 103 cm³/mol. The maximum Gasteiger partial charge on any atom is 0.150 e. The van der Waals surface area contributed by atoms with E-state index in [2.05, 4.69) is 42.2 Å². The molecule has 0 spiro atoms.